The number of likely N-dealkylation sites (tertiary alicyclic amines) is 1. The Kier molecular flexibility index (Phi) is 7.51. The van der Waals surface area contributed by atoms with E-state index in [1.54, 1.807) is 9.80 Å². The SMILES string of the molecule is CC(C)(C)OC(=O)N1CC2CCC(C1)N2c1cc(N2CCN(C(=O)OCc3ccccc3)CC2)cc(C#N)n1. The van der Waals surface area contributed by atoms with Gasteiger partial charge in [0.1, 0.15) is 29.8 Å². The van der Waals surface area contributed by atoms with Crippen LogP contribution in [-0.2, 0) is 16.1 Å². The van der Waals surface area contributed by atoms with Crippen molar-refractivity contribution >= 4 is 23.7 Å². The molecule has 0 N–H and O–H groups in total. The molecule has 0 spiro atoms. The fourth-order valence-corrected chi connectivity index (χ4v) is 5.58. The van der Waals surface area contributed by atoms with Crippen molar-refractivity contribution in [1.82, 2.24) is 14.8 Å². The van der Waals surface area contributed by atoms with Crippen molar-refractivity contribution in [2.24, 2.45) is 0 Å². The van der Waals surface area contributed by atoms with Crippen LogP contribution >= 0.6 is 0 Å². The molecule has 3 fully saturated rings. The van der Waals surface area contributed by atoms with Gasteiger partial charge in [-0.15, -0.1) is 0 Å². The molecule has 0 aliphatic carbocycles. The molecule has 4 heterocycles. The third kappa shape index (κ3) is 6.19. The van der Waals surface area contributed by atoms with Crippen LogP contribution in [-0.4, -0.2) is 83.9 Å². The topological polar surface area (TPSA) is 102 Å². The minimum absolute atomic E-state index is 0.127. The molecule has 1 aromatic heterocycles. The van der Waals surface area contributed by atoms with Gasteiger partial charge in [-0.3, -0.25) is 0 Å². The van der Waals surface area contributed by atoms with Crippen LogP contribution in [0.1, 0.15) is 44.9 Å². The molecule has 10 heteroatoms. The van der Waals surface area contributed by atoms with E-state index in [0.29, 0.717) is 45.0 Å². The van der Waals surface area contributed by atoms with Crippen LogP contribution in [0.25, 0.3) is 0 Å². The van der Waals surface area contributed by atoms with Gasteiger partial charge in [0.2, 0.25) is 0 Å². The normalized spacial score (nSPS) is 21.0. The van der Waals surface area contributed by atoms with Crippen LogP contribution in [0.15, 0.2) is 42.5 Å². The fraction of sp³-hybridized carbons (Fsp3) is 0.517. The van der Waals surface area contributed by atoms with Crippen LogP contribution in [0, 0.1) is 11.3 Å². The van der Waals surface area contributed by atoms with E-state index in [9.17, 15) is 14.9 Å². The van der Waals surface area contributed by atoms with E-state index in [4.69, 9.17) is 9.47 Å². The van der Waals surface area contributed by atoms with Gasteiger partial charge in [-0.2, -0.15) is 5.26 Å². The number of carbonyl (C=O) groups is 2. The van der Waals surface area contributed by atoms with Gasteiger partial charge in [-0.05, 0) is 45.2 Å². The number of rotatable bonds is 4. The molecule has 3 aliphatic rings. The lowest BCUT2D eigenvalue weighted by Crippen LogP contribution is -2.56. The second-order valence-corrected chi connectivity index (χ2v) is 11.4. The third-order valence-electron chi connectivity index (χ3n) is 7.42. The van der Waals surface area contributed by atoms with E-state index in [1.807, 2.05) is 63.2 Å². The number of carbonyl (C=O) groups excluding carboxylic acids is 2. The Hall–Kier alpha value is -4.00. The summed E-state index contributed by atoms with van der Waals surface area (Å²) in [7, 11) is 0. The minimum atomic E-state index is -0.534. The van der Waals surface area contributed by atoms with Gasteiger partial charge < -0.3 is 29.1 Å². The summed E-state index contributed by atoms with van der Waals surface area (Å²) in [5, 5.41) is 9.73. The molecule has 2 amide bonds. The van der Waals surface area contributed by atoms with E-state index in [-0.39, 0.29) is 30.9 Å². The maximum Gasteiger partial charge on any atom is 0.410 e. The lowest BCUT2D eigenvalue weighted by atomic mass is 10.1. The molecule has 2 atom stereocenters. The first-order valence-electron chi connectivity index (χ1n) is 13.6. The zero-order valence-corrected chi connectivity index (χ0v) is 22.9. The van der Waals surface area contributed by atoms with Crippen molar-refractivity contribution in [2.75, 3.05) is 49.1 Å². The van der Waals surface area contributed by atoms with E-state index >= 15 is 0 Å². The van der Waals surface area contributed by atoms with E-state index in [0.717, 1.165) is 29.9 Å². The molecular formula is C29H36N6O4. The molecule has 5 rings (SSSR count). The number of benzene rings is 1. The number of aromatic nitrogens is 1. The van der Waals surface area contributed by atoms with Crippen molar-refractivity contribution in [2.45, 2.75) is 57.9 Å². The zero-order chi connectivity index (χ0) is 27.6. The van der Waals surface area contributed by atoms with Crippen LogP contribution in [0.2, 0.25) is 0 Å². The van der Waals surface area contributed by atoms with Gasteiger partial charge >= 0.3 is 12.2 Å². The average Bonchev–Trinajstić information content (AvgIpc) is 3.20. The molecule has 3 aliphatic heterocycles. The van der Waals surface area contributed by atoms with Gasteiger partial charge in [-0.1, -0.05) is 30.3 Å². The Labute approximate surface area is 229 Å². The van der Waals surface area contributed by atoms with Gasteiger partial charge in [0.05, 0.1) is 0 Å². The Bertz CT molecular complexity index is 1220. The van der Waals surface area contributed by atoms with Crippen LogP contribution < -0.4 is 9.80 Å². The van der Waals surface area contributed by atoms with Crippen LogP contribution in [0.3, 0.4) is 0 Å². The quantitative estimate of drug-likeness (QED) is 0.582. The number of nitrogens with zero attached hydrogens (tertiary/aromatic N) is 6. The lowest BCUT2D eigenvalue weighted by molar-refractivity contribution is 0.0209. The molecule has 2 unspecified atom stereocenters. The molecule has 39 heavy (non-hydrogen) atoms. The van der Waals surface area contributed by atoms with Gasteiger partial charge in [0.15, 0.2) is 0 Å². The molecule has 1 aromatic carbocycles. The monoisotopic (exact) mass is 532 g/mol. The molecular weight excluding hydrogens is 496 g/mol. The lowest BCUT2D eigenvalue weighted by Gasteiger charge is -2.42. The molecule has 0 radical (unpaired) electrons. The van der Waals surface area contributed by atoms with Crippen molar-refractivity contribution in [3.05, 3.63) is 53.7 Å². The van der Waals surface area contributed by atoms with E-state index in [1.165, 1.54) is 0 Å². The van der Waals surface area contributed by atoms with Crippen molar-refractivity contribution < 1.29 is 19.1 Å². The number of pyridine rings is 1. The highest BCUT2D eigenvalue weighted by Gasteiger charge is 2.43. The third-order valence-corrected chi connectivity index (χ3v) is 7.42. The fourth-order valence-electron chi connectivity index (χ4n) is 5.58. The van der Waals surface area contributed by atoms with Gasteiger partial charge in [-0.25, -0.2) is 14.6 Å². The summed E-state index contributed by atoms with van der Waals surface area (Å²) < 4.78 is 11.1. The minimum Gasteiger partial charge on any atom is -0.445 e. The maximum atomic E-state index is 12.7. The van der Waals surface area contributed by atoms with Crippen molar-refractivity contribution in [3.8, 4) is 6.07 Å². The predicted octanol–water partition coefficient (Wildman–Crippen LogP) is 4.00. The van der Waals surface area contributed by atoms with Gasteiger partial charge in [0, 0.05) is 63.1 Å². The summed E-state index contributed by atoms with van der Waals surface area (Å²) in [6.45, 7) is 9.36. The molecule has 10 nitrogen and oxygen atoms in total. The second-order valence-electron chi connectivity index (χ2n) is 11.4. The summed E-state index contributed by atoms with van der Waals surface area (Å²) in [6, 6.07) is 16.0. The number of anilines is 2. The smallest absolute Gasteiger partial charge is 0.410 e. The Balaban J connectivity index is 1.23. The average molecular weight is 533 g/mol. The van der Waals surface area contributed by atoms with Crippen molar-refractivity contribution in [3.63, 3.8) is 0 Å². The number of nitriles is 1. The highest BCUT2D eigenvalue weighted by molar-refractivity contribution is 5.70. The maximum absolute atomic E-state index is 12.7. The zero-order valence-electron chi connectivity index (χ0n) is 22.9. The second kappa shape index (κ2) is 11.0. The summed E-state index contributed by atoms with van der Waals surface area (Å²) in [4.78, 5) is 38.0. The first-order chi connectivity index (χ1) is 18.7. The molecule has 3 saturated heterocycles. The number of fused-ring (bicyclic) bond motifs is 2. The van der Waals surface area contributed by atoms with Gasteiger partial charge in [0.25, 0.3) is 0 Å². The largest absolute Gasteiger partial charge is 0.445 e. The Morgan fingerprint density at radius 2 is 1.64 bits per heavy atom. The van der Waals surface area contributed by atoms with E-state index < -0.39 is 5.60 Å². The van der Waals surface area contributed by atoms with Crippen LogP contribution in [0.5, 0.6) is 0 Å². The summed E-state index contributed by atoms with van der Waals surface area (Å²) in [5.41, 5.74) is 1.70. The first kappa shape index (κ1) is 26.6. The number of hydrogen-bond acceptors (Lipinski definition) is 8. The number of hydrogen-bond donors (Lipinski definition) is 0. The molecule has 0 saturated carbocycles. The van der Waals surface area contributed by atoms with Crippen LogP contribution in [0.4, 0.5) is 21.1 Å². The Morgan fingerprint density at radius 1 is 0.974 bits per heavy atom. The highest BCUT2D eigenvalue weighted by Crippen LogP contribution is 2.36. The summed E-state index contributed by atoms with van der Waals surface area (Å²) in [5.74, 6) is 0.769. The number of piperazine rings is 2. The Morgan fingerprint density at radius 3 is 2.26 bits per heavy atom. The first-order valence-corrected chi connectivity index (χ1v) is 13.6. The van der Waals surface area contributed by atoms with E-state index in [2.05, 4.69) is 20.9 Å². The predicted molar refractivity (Wildman–Crippen MR) is 146 cm³/mol. The number of ether oxygens (including phenoxy) is 2. The number of amides is 2. The molecule has 2 bridgehead atoms. The highest BCUT2D eigenvalue weighted by atomic mass is 16.6. The molecule has 206 valence electrons. The summed E-state index contributed by atoms with van der Waals surface area (Å²) in [6.07, 6.45) is 1.33. The standard InChI is InChI=1S/C29H36N6O4/c1-29(2,3)39-28(37)34-18-23-9-10-24(19-34)35(23)26-16-25(15-22(17-30)31-26)32-11-13-33(14-12-32)27(36)38-20-21-7-5-4-6-8-21/h4-8,15-16,23-24H,9-14,18-20H2,1-3H3. The summed E-state index contributed by atoms with van der Waals surface area (Å²) >= 11 is 0. The van der Waals surface area contributed by atoms with Crippen molar-refractivity contribution in [1.29, 1.82) is 5.26 Å². The molecule has 2 aromatic rings.